The van der Waals surface area contributed by atoms with E-state index in [0.29, 0.717) is 24.4 Å². The fraction of sp³-hybridized carbons (Fsp3) is 0.792. The second-order valence-electron chi connectivity index (χ2n) is 11.2. The zero-order chi connectivity index (χ0) is 22.0. The molecule has 31 heavy (non-hydrogen) atoms. The van der Waals surface area contributed by atoms with Gasteiger partial charge in [0.25, 0.3) is 0 Å². The number of nitrogens with two attached hydrogens (primary N) is 1. The van der Waals surface area contributed by atoms with E-state index in [1.807, 2.05) is 0 Å². The van der Waals surface area contributed by atoms with E-state index in [2.05, 4.69) is 24.4 Å². The Morgan fingerprint density at radius 3 is 2.74 bits per heavy atom. The number of ether oxygens (including phenoxy) is 1. The van der Waals surface area contributed by atoms with Gasteiger partial charge in [-0.3, -0.25) is 5.41 Å². The molecule has 1 aliphatic heterocycles. The van der Waals surface area contributed by atoms with Crippen LogP contribution >= 0.6 is 0 Å². The van der Waals surface area contributed by atoms with Gasteiger partial charge in [-0.1, -0.05) is 13.8 Å². The van der Waals surface area contributed by atoms with Gasteiger partial charge in [0.05, 0.1) is 5.60 Å². The molecule has 5 rings (SSSR count). The summed E-state index contributed by atoms with van der Waals surface area (Å²) in [6, 6.07) is 0. The first-order valence-corrected chi connectivity index (χ1v) is 11.9. The lowest BCUT2D eigenvalue weighted by molar-refractivity contribution is -0.200. The number of rotatable bonds is 2. The number of hydrogen-bond donors (Lipinski definition) is 4. The van der Waals surface area contributed by atoms with Gasteiger partial charge < -0.3 is 15.6 Å². The van der Waals surface area contributed by atoms with E-state index >= 15 is 0 Å². The summed E-state index contributed by atoms with van der Waals surface area (Å²) >= 11 is 0. The molecule has 7 atom stereocenters. The fourth-order valence-corrected chi connectivity index (χ4v) is 8.45. The van der Waals surface area contributed by atoms with E-state index < -0.39 is 5.60 Å². The lowest BCUT2D eigenvalue weighted by atomic mass is 9.43. The molecule has 4 saturated carbocycles. The van der Waals surface area contributed by atoms with Crippen molar-refractivity contribution >= 4 is 17.6 Å². The number of aliphatic hydroxyl groups is 1. The van der Waals surface area contributed by atoms with Gasteiger partial charge in [-0.2, -0.15) is 5.10 Å². The van der Waals surface area contributed by atoms with Crippen LogP contribution < -0.4 is 11.2 Å². The van der Waals surface area contributed by atoms with E-state index in [4.69, 9.17) is 15.9 Å². The summed E-state index contributed by atoms with van der Waals surface area (Å²) in [6.45, 7) is 5.13. The maximum absolute atomic E-state index is 12.2. The molecular weight excluding hydrogens is 392 g/mol. The number of hydrazone groups is 1. The molecule has 0 amide bonds. The van der Waals surface area contributed by atoms with E-state index in [-0.39, 0.29) is 28.7 Å². The second-order valence-corrected chi connectivity index (χ2v) is 11.2. The smallest absolute Gasteiger partial charge is 0.331 e. The van der Waals surface area contributed by atoms with E-state index in [9.17, 15) is 9.90 Å². The second kappa shape index (κ2) is 7.06. The van der Waals surface area contributed by atoms with Gasteiger partial charge in [0.2, 0.25) is 5.96 Å². The Labute approximate surface area is 184 Å². The van der Waals surface area contributed by atoms with Crippen molar-refractivity contribution < 1.29 is 14.6 Å². The molecule has 5 aliphatic rings. The summed E-state index contributed by atoms with van der Waals surface area (Å²) in [5.74, 6) is 1.33. The summed E-state index contributed by atoms with van der Waals surface area (Å²) < 4.78 is 5.22. The molecule has 7 heteroatoms. The number of nitrogens with zero attached hydrogens (tertiary/aromatic N) is 1. The van der Waals surface area contributed by atoms with Crippen molar-refractivity contribution in [3.8, 4) is 0 Å². The molecule has 0 radical (unpaired) electrons. The summed E-state index contributed by atoms with van der Waals surface area (Å²) in [5, 5.41) is 24.0. The minimum Gasteiger partial charge on any atom is -0.458 e. The van der Waals surface area contributed by atoms with E-state index in [0.717, 1.165) is 69.1 Å². The van der Waals surface area contributed by atoms with Gasteiger partial charge >= 0.3 is 5.97 Å². The van der Waals surface area contributed by atoms with Crippen LogP contribution in [0.1, 0.15) is 71.6 Å². The average molecular weight is 429 g/mol. The number of cyclic esters (lactones) is 1. The molecule has 5 N–H and O–H groups in total. The van der Waals surface area contributed by atoms with Crippen molar-refractivity contribution in [3.05, 3.63) is 11.6 Å². The average Bonchev–Trinajstić information content (AvgIpc) is 3.26. The molecule has 0 spiro atoms. The Balaban J connectivity index is 1.39. The summed E-state index contributed by atoms with van der Waals surface area (Å²) in [7, 11) is 0. The lowest BCUT2D eigenvalue weighted by Crippen LogP contribution is -2.62. The Bertz CT molecular complexity index is 869. The van der Waals surface area contributed by atoms with Gasteiger partial charge in [-0.05, 0) is 92.4 Å². The van der Waals surface area contributed by atoms with Crippen molar-refractivity contribution in [1.82, 2.24) is 5.43 Å². The van der Waals surface area contributed by atoms with Crippen molar-refractivity contribution in [2.75, 3.05) is 6.61 Å². The van der Waals surface area contributed by atoms with Gasteiger partial charge in [-0.15, -0.1) is 0 Å². The molecule has 7 nitrogen and oxygen atoms in total. The SMILES string of the molecule is C[C@]12CC/C(=N/NC(=N)N)C[C@H]1CC[C@@H]1[C@@H]2CC[C@]2(C)[C@@H](C3=CC(=O)OC3)CC[C@]12O. The van der Waals surface area contributed by atoms with Crippen molar-refractivity contribution in [1.29, 1.82) is 5.41 Å². The lowest BCUT2D eigenvalue weighted by Gasteiger charge is -2.63. The molecule has 0 aromatic heterocycles. The molecule has 0 saturated heterocycles. The van der Waals surface area contributed by atoms with E-state index in [1.54, 1.807) is 6.08 Å². The van der Waals surface area contributed by atoms with Crippen LogP contribution in [0.25, 0.3) is 0 Å². The maximum Gasteiger partial charge on any atom is 0.331 e. The highest BCUT2D eigenvalue weighted by molar-refractivity contribution is 5.87. The zero-order valence-corrected chi connectivity index (χ0v) is 18.7. The first-order valence-electron chi connectivity index (χ1n) is 11.9. The Morgan fingerprint density at radius 1 is 1.23 bits per heavy atom. The number of carbonyl (C=O) groups excluding carboxylic acids is 1. The minimum atomic E-state index is -0.661. The minimum absolute atomic E-state index is 0.112. The Kier molecular flexibility index (Phi) is 4.78. The summed E-state index contributed by atoms with van der Waals surface area (Å²) in [4.78, 5) is 11.7. The fourth-order valence-electron chi connectivity index (χ4n) is 8.45. The molecule has 0 aromatic rings. The molecular formula is C24H36N4O3. The topological polar surface area (TPSA) is 121 Å². The van der Waals surface area contributed by atoms with Crippen molar-refractivity contribution in [3.63, 3.8) is 0 Å². The highest BCUT2D eigenvalue weighted by atomic mass is 16.5. The third-order valence-electron chi connectivity index (χ3n) is 10.2. The summed E-state index contributed by atoms with van der Waals surface area (Å²) in [6.07, 6.45) is 10.8. The molecule has 4 aliphatic carbocycles. The molecule has 0 bridgehead atoms. The number of fused-ring (bicyclic) bond motifs is 5. The number of nitrogens with one attached hydrogen (secondary N) is 2. The molecule has 4 fully saturated rings. The molecule has 0 aromatic carbocycles. The highest BCUT2D eigenvalue weighted by Gasteiger charge is 2.67. The Morgan fingerprint density at radius 2 is 2.03 bits per heavy atom. The first-order chi connectivity index (χ1) is 14.7. The van der Waals surface area contributed by atoms with E-state index in [1.165, 1.54) is 0 Å². The van der Waals surface area contributed by atoms with Crippen LogP contribution in [0, 0.1) is 39.9 Å². The van der Waals surface area contributed by atoms with Crippen LogP contribution in [0.2, 0.25) is 0 Å². The van der Waals surface area contributed by atoms with Gasteiger partial charge in [0.15, 0.2) is 0 Å². The van der Waals surface area contributed by atoms with Crippen LogP contribution in [-0.2, 0) is 9.53 Å². The Hall–Kier alpha value is -1.89. The van der Waals surface area contributed by atoms with Gasteiger partial charge in [-0.25, -0.2) is 10.2 Å². The highest BCUT2D eigenvalue weighted by Crippen LogP contribution is 2.69. The summed E-state index contributed by atoms with van der Waals surface area (Å²) in [5.41, 5.74) is 9.63. The van der Waals surface area contributed by atoms with Crippen LogP contribution in [-0.4, -0.2) is 35.0 Å². The monoisotopic (exact) mass is 428 g/mol. The predicted molar refractivity (Wildman–Crippen MR) is 118 cm³/mol. The third-order valence-corrected chi connectivity index (χ3v) is 10.2. The third kappa shape index (κ3) is 2.99. The van der Waals surface area contributed by atoms with Crippen LogP contribution in [0.5, 0.6) is 0 Å². The number of carbonyl (C=O) groups is 1. The number of hydrogen-bond acceptors (Lipinski definition) is 5. The van der Waals surface area contributed by atoms with Crippen LogP contribution in [0.4, 0.5) is 0 Å². The van der Waals surface area contributed by atoms with Gasteiger partial charge in [0, 0.05) is 17.2 Å². The number of guanidine groups is 1. The maximum atomic E-state index is 12.2. The quantitative estimate of drug-likeness (QED) is 0.233. The molecule has 0 unspecified atom stereocenters. The normalized spacial score (nSPS) is 47.8. The zero-order valence-electron chi connectivity index (χ0n) is 18.7. The van der Waals surface area contributed by atoms with Crippen LogP contribution in [0.3, 0.4) is 0 Å². The predicted octanol–water partition coefficient (Wildman–Crippen LogP) is 3.08. The van der Waals surface area contributed by atoms with Crippen LogP contribution in [0.15, 0.2) is 16.8 Å². The van der Waals surface area contributed by atoms with Crippen molar-refractivity contribution in [2.24, 2.45) is 45.3 Å². The largest absolute Gasteiger partial charge is 0.458 e. The first kappa shape index (κ1) is 21.0. The standard InChI is InChI=1S/C24H36N4O3/c1-22-8-5-16(27-28-21(25)26)12-15(22)3-4-19-18(22)6-9-23(2)17(7-10-24(19,23)30)14-11-20(29)31-13-14/h11,15,17-19,30H,3-10,12-13H2,1-2H3,(H4,25,26,28)/b27-16-/t15-,17-,18+,19-,22+,23-,24+/m1/s1. The molecule has 1 heterocycles. The van der Waals surface area contributed by atoms with Gasteiger partial charge in [0.1, 0.15) is 6.61 Å². The van der Waals surface area contributed by atoms with Crippen molar-refractivity contribution in [2.45, 2.75) is 77.2 Å². The molecule has 170 valence electrons. The number of esters is 1.